The molecule has 60 heavy (non-hydrogen) atoms. The second-order valence-electron chi connectivity index (χ2n) is 15.3. The molecule has 0 N–H and O–H groups in total. The van der Waals surface area contributed by atoms with Crippen molar-refractivity contribution < 1.29 is 0 Å². The molecule has 0 unspecified atom stereocenters. The van der Waals surface area contributed by atoms with Crippen molar-refractivity contribution in [3.05, 3.63) is 243 Å². The van der Waals surface area contributed by atoms with E-state index in [9.17, 15) is 0 Å². The third kappa shape index (κ3) is 6.23. The first-order chi connectivity index (χ1) is 29.8. The summed E-state index contributed by atoms with van der Waals surface area (Å²) in [6.07, 6.45) is 0. The zero-order valence-electron chi connectivity index (χ0n) is 33.0. The summed E-state index contributed by atoms with van der Waals surface area (Å²) < 4.78 is 2.39. The molecule has 0 radical (unpaired) electrons. The maximum Gasteiger partial charge on any atom is 0.0547 e. The second-order valence-corrected chi connectivity index (χ2v) is 15.3. The molecule has 2 heteroatoms. The van der Waals surface area contributed by atoms with E-state index in [2.05, 4.69) is 252 Å². The van der Waals surface area contributed by atoms with Crippen LogP contribution in [0.1, 0.15) is 0 Å². The summed E-state index contributed by atoms with van der Waals surface area (Å²) in [5.41, 5.74) is 16.4. The fraction of sp³-hybridized carbons (Fsp3) is 0. The Bertz CT molecular complexity index is 3280. The van der Waals surface area contributed by atoms with E-state index in [0.29, 0.717) is 0 Å². The number of nitrogens with zero attached hydrogens (tertiary/aromatic N) is 2. The van der Waals surface area contributed by atoms with Crippen LogP contribution in [0.5, 0.6) is 0 Å². The molecule has 0 spiro atoms. The van der Waals surface area contributed by atoms with Crippen LogP contribution >= 0.6 is 0 Å². The molecule has 0 aliphatic heterocycles. The van der Waals surface area contributed by atoms with E-state index in [0.717, 1.165) is 22.7 Å². The highest BCUT2D eigenvalue weighted by atomic mass is 15.1. The highest BCUT2D eigenvalue weighted by molar-refractivity contribution is 6.16. The van der Waals surface area contributed by atoms with Crippen LogP contribution in [-0.2, 0) is 0 Å². The topological polar surface area (TPSA) is 8.17 Å². The van der Waals surface area contributed by atoms with Crippen molar-refractivity contribution in [2.45, 2.75) is 0 Å². The molecule has 0 aliphatic carbocycles. The Labute approximate surface area is 350 Å². The molecule has 0 fully saturated rings. The van der Waals surface area contributed by atoms with Gasteiger partial charge in [0.1, 0.15) is 0 Å². The van der Waals surface area contributed by atoms with E-state index in [4.69, 9.17) is 0 Å². The summed E-state index contributed by atoms with van der Waals surface area (Å²) in [4.78, 5) is 2.39. The molecular weight excluding hydrogens is 725 g/mol. The SMILES string of the molecule is c1ccc(-c2ccccc2-c2ccc(N(c3ccc(-c4cccc5ccccc45)cc3)c3cccc(-c4cccc5c4c4ccccc4n5-c4ccccc4)c3)cc2)cc1. The van der Waals surface area contributed by atoms with Gasteiger partial charge in [0, 0.05) is 33.5 Å². The first-order valence-corrected chi connectivity index (χ1v) is 20.6. The van der Waals surface area contributed by atoms with Gasteiger partial charge in [-0.25, -0.2) is 0 Å². The summed E-state index contributed by atoms with van der Waals surface area (Å²) in [6.45, 7) is 0. The monoisotopic (exact) mass is 764 g/mol. The molecule has 11 rings (SSSR count). The quantitative estimate of drug-likeness (QED) is 0.150. The fourth-order valence-electron chi connectivity index (χ4n) is 9.04. The highest BCUT2D eigenvalue weighted by Gasteiger charge is 2.19. The van der Waals surface area contributed by atoms with Gasteiger partial charge in [-0.1, -0.05) is 182 Å². The molecule has 282 valence electrons. The summed E-state index contributed by atoms with van der Waals surface area (Å²) in [7, 11) is 0. The van der Waals surface area contributed by atoms with E-state index < -0.39 is 0 Å². The number of hydrogen-bond acceptors (Lipinski definition) is 1. The predicted molar refractivity (Wildman–Crippen MR) is 255 cm³/mol. The van der Waals surface area contributed by atoms with Gasteiger partial charge in [-0.05, 0) is 116 Å². The number of fused-ring (bicyclic) bond motifs is 4. The molecule has 0 aliphatic rings. The number of benzene rings is 10. The largest absolute Gasteiger partial charge is 0.310 e. The van der Waals surface area contributed by atoms with Crippen LogP contribution in [0, 0.1) is 0 Å². The molecule has 1 aromatic heterocycles. The van der Waals surface area contributed by atoms with Gasteiger partial charge in [-0.2, -0.15) is 0 Å². The van der Waals surface area contributed by atoms with E-state index >= 15 is 0 Å². The lowest BCUT2D eigenvalue weighted by Gasteiger charge is -2.27. The maximum atomic E-state index is 2.39. The van der Waals surface area contributed by atoms with Gasteiger partial charge in [-0.3, -0.25) is 0 Å². The van der Waals surface area contributed by atoms with E-state index in [1.54, 1.807) is 0 Å². The predicted octanol–water partition coefficient (Wildman–Crippen LogP) is 16.1. The van der Waals surface area contributed by atoms with Crippen LogP contribution in [0.25, 0.3) is 82.8 Å². The second kappa shape index (κ2) is 15.1. The molecular formula is C58H40N2. The fourth-order valence-corrected chi connectivity index (χ4v) is 9.04. The Kier molecular flexibility index (Phi) is 8.87. The molecule has 0 atom stereocenters. The minimum Gasteiger partial charge on any atom is -0.310 e. The molecule has 1 heterocycles. The van der Waals surface area contributed by atoms with Crippen LogP contribution in [0.2, 0.25) is 0 Å². The third-order valence-electron chi connectivity index (χ3n) is 11.8. The number of para-hydroxylation sites is 2. The first-order valence-electron chi connectivity index (χ1n) is 20.6. The summed E-state index contributed by atoms with van der Waals surface area (Å²) in [5, 5.41) is 4.99. The molecule has 11 aromatic rings. The van der Waals surface area contributed by atoms with Crippen LogP contribution in [0.15, 0.2) is 243 Å². The van der Waals surface area contributed by atoms with Crippen LogP contribution in [0.4, 0.5) is 17.1 Å². The average molecular weight is 765 g/mol. The Morgan fingerprint density at radius 2 is 0.767 bits per heavy atom. The van der Waals surface area contributed by atoms with E-state index in [-0.39, 0.29) is 0 Å². The van der Waals surface area contributed by atoms with Crippen molar-refractivity contribution in [2.24, 2.45) is 0 Å². The van der Waals surface area contributed by atoms with Crippen molar-refractivity contribution >= 4 is 49.6 Å². The van der Waals surface area contributed by atoms with Gasteiger partial charge >= 0.3 is 0 Å². The van der Waals surface area contributed by atoms with Gasteiger partial charge in [0.2, 0.25) is 0 Å². The number of hydrogen-bond donors (Lipinski definition) is 0. The highest BCUT2D eigenvalue weighted by Crippen LogP contribution is 2.43. The van der Waals surface area contributed by atoms with Gasteiger partial charge in [0.25, 0.3) is 0 Å². The van der Waals surface area contributed by atoms with Crippen molar-refractivity contribution in [2.75, 3.05) is 4.90 Å². The van der Waals surface area contributed by atoms with Crippen molar-refractivity contribution in [1.29, 1.82) is 0 Å². The minimum absolute atomic E-state index is 1.09. The van der Waals surface area contributed by atoms with Crippen molar-refractivity contribution in [3.63, 3.8) is 0 Å². The van der Waals surface area contributed by atoms with Gasteiger partial charge in [0.15, 0.2) is 0 Å². The van der Waals surface area contributed by atoms with Crippen LogP contribution in [-0.4, -0.2) is 4.57 Å². The van der Waals surface area contributed by atoms with Gasteiger partial charge in [-0.15, -0.1) is 0 Å². The summed E-state index contributed by atoms with van der Waals surface area (Å²) >= 11 is 0. The Hall–Kier alpha value is -7.94. The van der Waals surface area contributed by atoms with E-state index in [1.807, 2.05) is 0 Å². The average Bonchev–Trinajstić information content (AvgIpc) is 3.67. The molecule has 0 saturated carbocycles. The number of aromatic nitrogens is 1. The first kappa shape index (κ1) is 35.2. The smallest absolute Gasteiger partial charge is 0.0547 e. The molecule has 10 aromatic carbocycles. The third-order valence-corrected chi connectivity index (χ3v) is 11.8. The van der Waals surface area contributed by atoms with Crippen LogP contribution < -0.4 is 4.90 Å². The lowest BCUT2D eigenvalue weighted by Crippen LogP contribution is -2.10. The molecule has 0 saturated heterocycles. The Morgan fingerprint density at radius 1 is 0.283 bits per heavy atom. The maximum absolute atomic E-state index is 2.39. The number of rotatable bonds is 8. The molecule has 0 amide bonds. The van der Waals surface area contributed by atoms with Gasteiger partial charge in [0.05, 0.1) is 11.0 Å². The van der Waals surface area contributed by atoms with Crippen LogP contribution in [0.3, 0.4) is 0 Å². The molecule has 0 bridgehead atoms. The zero-order valence-corrected chi connectivity index (χ0v) is 33.0. The summed E-state index contributed by atoms with van der Waals surface area (Å²) in [5.74, 6) is 0. The minimum atomic E-state index is 1.09. The normalized spacial score (nSPS) is 11.3. The zero-order chi connectivity index (χ0) is 39.8. The lowest BCUT2D eigenvalue weighted by atomic mass is 9.94. The lowest BCUT2D eigenvalue weighted by molar-refractivity contribution is 1.18. The number of anilines is 3. The van der Waals surface area contributed by atoms with E-state index in [1.165, 1.54) is 77.1 Å². The Morgan fingerprint density at radius 3 is 1.50 bits per heavy atom. The van der Waals surface area contributed by atoms with Gasteiger partial charge < -0.3 is 9.47 Å². The molecule has 2 nitrogen and oxygen atoms in total. The van der Waals surface area contributed by atoms with Crippen molar-refractivity contribution in [1.82, 2.24) is 4.57 Å². The Balaban J connectivity index is 1.05. The standard InChI is InChI=1S/C58H40N2/c1-3-16-41(17-4-1)50-25-9-10-26-52(50)43-32-36-47(37-33-43)59(48-38-34-44(35-39-48)53-28-14-19-42-18-7-8-24-51(42)53)49-23-13-20-45(40-49)54-29-15-31-57-58(54)55-27-11-12-30-56(55)60(57)46-21-5-2-6-22-46/h1-40H. The van der Waals surface area contributed by atoms with Crippen molar-refractivity contribution in [3.8, 4) is 50.2 Å². The summed E-state index contributed by atoms with van der Waals surface area (Å²) in [6, 6.07) is 87.8.